The number of H-pyrrole nitrogens is 1. The lowest BCUT2D eigenvalue weighted by Gasteiger charge is -2.26. The van der Waals surface area contributed by atoms with Gasteiger partial charge in [-0.25, -0.2) is 4.98 Å². The average molecular weight is 424 g/mol. The summed E-state index contributed by atoms with van der Waals surface area (Å²) in [4.78, 5) is 22.9. The van der Waals surface area contributed by atoms with Crippen molar-refractivity contribution in [2.45, 2.75) is 19.3 Å². The van der Waals surface area contributed by atoms with Crippen LogP contribution in [0.25, 0.3) is 21.7 Å². The molecule has 1 N–H and O–H groups in total. The SMILES string of the molecule is O=C1CCCCN1c1ccc(Oc2ccc3nc(-c4ccc(Cl)s4)[nH]c3c2)cc1. The second kappa shape index (κ2) is 7.54. The van der Waals surface area contributed by atoms with E-state index in [1.807, 2.05) is 59.5 Å². The number of halogens is 1. The lowest BCUT2D eigenvalue weighted by molar-refractivity contribution is -0.119. The molecule has 0 spiro atoms. The van der Waals surface area contributed by atoms with Gasteiger partial charge in [-0.15, -0.1) is 11.3 Å². The molecule has 5 rings (SSSR count). The first kappa shape index (κ1) is 18.2. The molecule has 2 aromatic heterocycles. The number of carbonyl (C=O) groups is 1. The van der Waals surface area contributed by atoms with E-state index in [9.17, 15) is 4.79 Å². The molecule has 1 saturated heterocycles. The number of carbonyl (C=O) groups excluding carboxylic acids is 1. The lowest BCUT2D eigenvalue weighted by Crippen LogP contribution is -2.35. The van der Waals surface area contributed by atoms with Gasteiger partial charge in [0, 0.05) is 24.7 Å². The molecule has 0 atom stereocenters. The smallest absolute Gasteiger partial charge is 0.226 e. The first-order valence-corrected chi connectivity index (χ1v) is 10.7. The molecule has 0 bridgehead atoms. The van der Waals surface area contributed by atoms with Crippen LogP contribution in [0.1, 0.15) is 19.3 Å². The summed E-state index contributed by atoms with van der Waals surface area (Å²) in [6.45, 7) is 0.785. The summed E-state index contributed by atoms with van der Waals surface area (Å²) in [6.07, 6.45) is 2.66. The van der Waals surface area contributed by atoms with Crippen LogP contribution in [0.15, 0.2) is 54.6 Å². The van der Waals surface area contributed by atoms with Crippen molar-refractivity contribution in [2.24, 2.45) is 0 Å². The van der Waals surface area contributed by atoms with Crippen molar-refractivity contribution >= 4 is 45.6 Å². The number of amides is 1. The minimum Gasteiger partial charge on any atom is -0.457 e. The molecule has 1 fully saturated rings. The predicted molar refractivity (Wildman–Crippen MR) is 117 cm³/mol. The van der Waals surface area contributed by atoms with Gasteiger partial charge >= 0.3 is 0 Å². The number of hydrogen-bond donors (Lipinski definition) is 1. The maximum atomic E-state index is 12.1. The number of ether oxygens (including phenoxy) is 1. The molecule has 0 unspecified atom stereocenters. The van der Waals surface area contributed by atoms with E-state index >= 15 is 0 Å². The molecule has 1 aliphatic rings. The van der Waals surface area contributed by atoms with E-state index in [2.05, 4.69) is 9.97 Å². The van der Waals surface area contributed by atoms with Crippen molar-refractivity contribution < 1.29 is 9.53 Å². The molecular formula is C22H18ClN3O2S. The van der Waals surface area contributed by atoms with Crippen LogP contribution in [0.4, 0.5) is 5.69 Å². The zero-order valence-corrected chi connectivity index (χ0v) is 17.1. The molecule has 5 nitrogen and oxygen atoms in total. The van der Waals surface area contributed by atoms with Crippen LogP contribution in [-0.2, 0) is 4.79 Å². The molecule has 1 aliphatic heterocycles. The summed E-state index contributed by atoms with van der Waals surface area (Å²) >= 11 is 7.52. The first-order chi connectivity index (χ1) is 14.2. The fourth-order valence-corrected chi connectivity index (χ4v) is 4.51. The highest BCUT2D eigenvalue weighted by Crippen LogP contribution is 2.32. The zero-order chi connectivity index (χ0) is 19.8. The molecule has 4 aromatic rings. The van der Waals surface area contributed by atoms with Gasteiger partial charge in [0.25, 0.3) is 0 Å². The predicted octanol–water partition coefficient (Wildman–Crippen LogP) is 6.25. The number of nitrogens with one attached hydrogen (secondary N) is 1. The number of aromatic nitrogens is 2. The number of piperidine rings is 1. The van der Waals surface area contributed by atoms with Crippen LogP contribution >= 0.6 is 22.9 Å². The molecule has 0 saturated carbocycles. The highest BCUT2D eigenvalue weighted by molar-refractivity contribution is 7.19. The van der Waals surface area contributed by atoms with Crippen molar-refractivity contribution in [3.63, 3.8) is 0 Å². The maximum Gasteiger partial charge on any atom is 0.226 e. The van der Waals surface area contributed by atoms with E-state index in [1.54, 1.807) is 0 Å². The monoisotopic (exact) mass is 423 g/mol. The van der Waals surface area contributed by atoms with E-state index in [4.69, 9.17) is 16.3 Å². The number of fused-ring (bicyclic) bond motifs is 1. The summed E-state index contributed by atoms with van der Waals surface area (Å²) in [5.74, 6) is 2.43. The Hall–Kier alpha value is -2.83. The number of aromatic amines is 1. The van der Waals surface area contributed by atoms with Crippen molar-refractivity contribution in [3.8, 4) is 22.2 Å². The molecule has 146 valence electrons. The summed E-state index contributed by atoms with van der Waals surface area (Å²) in [5, 5.41) is 0. The third-order valence-corrected chi connectivity index (χ3v) is 6.21. The Morgan fingerprint density at radius 2 is 1.86 bits per heavy atom. The topological polar surface area (TPSA) is 58.2 Å². The number of hydrogen-bond acceptors (Lipinski definition) is 4. The Bertz CT molecular complexity index is 1180. The number of thiophene rings is 1. The van der Waals surface area contributed by atoms with Gasteiger partial charge in [-0.05, 0) is 61.4 Å². The molecule has 3 heterocycles. The summed E-state index contributed by atoms with van der Waals surface area (Å²) < 4.78 is 6.74. The Morgan fingerprint density at radius 1 is 1.03 bits per heavy atom. The standard InChI is InChI=1S/C22H18ClN3O2S/c23-20-11-10-19(29-20)22-24-17-9-8-16(13-18(17)25-22)28-15-6-4-14(5-7-15)26-12-2-1-3-21(26)27/h4-11,13H,1-3,12H2,(H,24,25). The van der Waals surface area contributed by atoms with E-state index in [0.29, 0.717) is 6.42 Å². The normalized spacial score (nSPS) is 14.5. The van der Waals surface area contributed by atoms with Crippen molar-refractivity contribution in [1.29, 1.82) is 0 Å². The Kier molecular flexibility index (Phi) is 4.73. The Labute approximate surface area is 176 Å². The van der Waals surface area contributed by atoms with E-state index in [0.717, 1.165) is 62.6 Å². The second-order valence-corrected chi connectivity index (χ2v) is 8.68. The van der Waals surface area contributed by atoms with Gasteiger partial charge in [0.1, 0.15) is 17.3 Å². The highest BCUT2D eigenvalue weighted by atomic mass is 35.5. The Morgan fingerprint density at radius 3 is 2.62 bits per heavy atom. The van der Waals surface area contributed by atoms with E-state index < -0.39 is 0 Å². The van der Waals surface area contributed by atoms with Crippen LogP contribution in [0.2, 0.25) is 4.34 Å². The highest BCUT2D eigenvalue weighted by Gasteiger charge is 2.19. The van der Waals surface area contributed by atoms with Crippen LogP contribution in [0, 0.1) is 0 Å². The van der Waals surface area contributed by atoms with Gasteiger partial charge in [-0.1, -0.05) is 11.6 Å². The molecule has 7 heteroatoms. The van der Waals surface area contributed by atoms with Gasteiger partial charge in [-0.2, -0.15) is 0 Å². The van der Waals surface area contributed by atoms with Crippen molar-refractivity contribution in [3.05, 3.63) is 58.9 Å². The van der Waals surface area contributed by atoms with Crippen molar-refractivity contribution in [1.82, 2.24) is 9.97 Å². The molecule has 29 heavy (non-hydrogen) atoms. The number of rotatable bonds is 4. The van der Waals surface area contributed by atoms with Crippen LogP contribution in [0.3, 0.4) is 0 Å². The molecule has 2 aromatic carbocycles. The third kappa shape index (κ3) is 3.73. The number of imidazole rings is 1. The third-order valence-electron chi connectivity index (χ3n) is 4.97. The van der Waals surface area contributed by atoms with Gasteiger partial charge in [0.2, 0.25) is 5.91 Å². The second-order valence-electron chi connectivity index (χ2n) is 6.97. The molecule has 0 radical (unpaired) electrons. The average Bonchev–Trinajstić information content (AvgIpc) is 3.35. The van der Waals surface area contributed by atoms with Gasteiger partial charge in [-0.3, -0.25) is 4.79 Å². The Balaban J connectivity index is 1.35. The van der Waals surface area contributed by atoms with Gasteiger partial charge in [0.05, 0.1) is 20.2 Å². The lowest BCUT2D eigenvalue weighted by atomic mass is 10.1. The number of benzene rings is 2. The van der Waals surface area contributed by atoms with Crippen LogP contribution in [-0.4, -0.2) is 22.4 Å². The summed E-state index contributed by atoms with van der Waals surface area (Å²) in [5.41, 5.74) is 2.69. The quantitative estimate of drug-likeness (QED) is 0.421. The number of anilines is 1. The molecule has 1 amide bonds. The summed E-state index contributed by atoms with van der Waals surface area (Å²) in [6, 6.07) is 17.3. The largest absolute Gasteiger partial charge is 0.457 e. The van der Waals surface area contributed by atoms with E-state index in [1.165, 1.54) is 11.3 Å². The fourth-order valence-electron chi connectivity index (χ4n) is 3.52. The van der Waals surface area contributed by atoms with Gasteiger partial charge < -0.3 is 14.6 Å². The van der Waals surface area contributed by atoms with Gasteiger partial charge in [0.15, 0.2) is 0 Å². The minimum atomic E-state index is 0.192. The van der Waals surface area contributed by atoms with Crippen molar-refractivity contribution in [2.75, 3.05) is 11.4 Å². The van der Waals surface area contributed by atoms with Crippen LogP contribution < -0.4 is 9.64 Å². The number of nitrogens with zero attached hydrogens (tertiary/aromatic N) is 2. The minimum absolute atomic E-state index is 0.192. The van der Waals surface area contributed by atoms with Crippen LogP contribution in [0.5, 0.6) is 11.5 Å². The first-order valence-electron chi connectivity index (χ1n) is 9.49. The molecular weight excluding hydrogens is 406 g/mol. The summed E-state index contributed by atoms with van der Waals surface area (Å²) in [7, 11) is 0. The maximum absolute atomic E-state index is 12.1. The fraction of sp³-hybridized carbons (Fsp3) is 0.182. The molecule has 0 aliphatic carbocycles. The van der Waals surface area contributed by atoms with E-state index in [-0.39, 0.29) is 5.91 Å². The zero-order valence-electron chi connectivity index (χ0n) is 15.5.